The molecule has 1 heterocycles. The first kappa shape index (κ1) is 13.3. The van der Waals surface area contributed by atoms with Gasteiger partial charge < -0.3 is 19.6 Å². The van der Waals surface area contributed by atoms with E-state index in [1.807, 2.05) is 26.0 Å². The molecule has 0 aliphatic heterocycles. The largest absolute Gasteiger partial charge is 0.496 e. The van der Waals surface area contributed by atoms with Gasteiger partial charge in [0.1, 0.15) is 23.0 Å². The lowest BCUT2D eigenvalue weighted by Gasteiger charge is -2.13. The van der Waals surface area contributed by atoms with Gasteiger partial charge in [-0.2, -0.15) is 4.98 Å². The molecule has 5 heteroatoms. The Hall–Kier alpha value is -2.17. The minimum Gasteiger partial charge on any atom is -0.496 e. The summed E-state index contributed by atoms with van der Waals surface area (Å²) in [7, 11) is 3.26. The molecule has 0 unspecified atom stereocenters. The molecule has 0 atom stereocenters. The third-order valence-corrected chi connectivity index (χ3v) is 3.07. The number of aryl methyl sites for hydroxylation is 1. The molecule has 2 aromatic rings. The first-order chi connectivity index (χ1) is 9.12. The van der Waals surface area contributed by atoms with Crippen LogP contribution in [0.5, 0.6) is 11.5 Å². The molecule has 5 nitrogen and oxygen atoms in total. The third-order valence-electron chi connectivity index (χ3n) is 3.07. The van der Waals surface area contributed by atoms with Gasteiger partial charge in [0.2, 0.25) is 0 Å². The predicted octanol–water partition coefficient (Wildman–Crippen LogP) is 2.81. The second-order valence-corrected chi connectivity index (χ2v) is 4.15. The highest BCUT2D eigenvalue weighted by atomic mass is 16.5. The number of oxazole rings is 1. The van der Waals surface area contributed by atoms with E-state index in [1.54, 1.807) is 14.2 Å². The van der Waals surface area contributed by atoms with E-state index in [2.05, 4.69) is 4.98 Å². The average molecular weight is 262 g/mol. The average Bonchev–Trinajstić information content (AvgIpc) is 2.79. The third kappa shape index (κ3) is 2.23. The molecule has 0 saturated heterocycles. The van der Waals surface area contributed by atoms with Crippen LogP contribution in [0.4, 0.5) is 6.01 Å². The van der Waals surface area contributed by atoms with E-state index >= 15 is 0 Å². The van der Waals surface area contributed by atoms with E-state index < -0.39 is 0 Å². The number of hydrogen-bond donors (Lipinski definition) is 1. The lowest BCUT2D eigenvalue weighted by molar-refractivity contribution is 0.389. The Balaban J connectivity index is 2.65. The summed E-state index contributed by atoms with van der Waals surface area (Å²) in [6, 6.07) is 3.96. The van der Waals surface area contributed by atoms with Gasteiger partial charge in [0, 0.05) is 17.5 Å². The van der Waals surface area contributed by atoms with Gasteiger partial charge in [-0.25, -0.2) is 0 Å². The molecule has 1 aromatic carbocycles. The second kappa shape index (κ2) is 5.22. The van der Waals surface area contributed by atoms with Gasteiger partial charge in [0.05, 0.1) is 14.2 Å². The van der Waals surface area contributed by atoms with Gasteiger partial charge >= 0.3 is 0 Å². The predicted molar refractivity (Wildman–Crippen MR) is 73.6 cm³/mol. The molecule has 1 aromatic heterocycles. The van der Waals surface area contributed by atoms with Crippen LogP contribution in [0.2, 0.25) is 0 Å². The molecule has 0 spiro atoms. The van der Waals surface area contributed by atoms with Crippen molar-refractivity contribution in [3.63, 3.8) is 0 Å². The Morgan fingerprint density at radius 3 is 2.58 bits per heavy atom. The van der Waals surface area contributed by atoms with Crippen LogP contribution in [0.3, 0.4) is 0 Å². The number of benzene rings is 1. The Labute approximate surface area is 112 Å². The Kier molecular flexibility index (Phi) is 3.64. The van der Waals surface area contributed by atoms with Crippen molar-refractivity contribution >= 4 is 6.01 Å². The standard InChI is InChI=1S/C14H18N2O3/c1-5-10-12(16-14(15)19-10)9-6-7-11(17-3)8(2)13(9)18-4/h6-7H,5H2,1-4H3,(H2,15,16). The lowest BCUT2D eigenvalue weighted by atomic mass is 10.0. The molecule has 0 amide bonds. The topological polar surface area (TPSA) is 70.5 Å². The van der Waals surface area contributed by atoms with Crippen LogP contribution in [0.25, 0.3) is 11.3 Å². The highest BCUT2D eigenvalue weighted by Crippen LogP contribution is 2.39. The fourth-order valence-electron chi connectivity index (χ4n) is 2.16. The van der Waals surface area contributed by atoms with Crippen LogP contribution < -0.4 is 15.2 Å². The van der Waals surface area contributed by atoms with Crippen LogP contribution in [0.15, 0.2) is 16.5 Å². The van der Waals surface area contributed by atoms with Crippen LogP contribution in [0, 0.1) is 6.92 Å². The summed E-state index contributed by atoms with van der Waals surface area (Å²) in [5.41, 5.74) is 8.14. The van der Waals surface area contributed by atoms with Gasteiger partial charge in [0.15, 0.2) is 0 Å². The van der Waals surface area contributed by atoms with E-state index in [0.717, 1.165) is 34.1 Å². The molecule has 102 valence electrons. The van der Waals surface area contributed by atoms with Gasteiger partial charge in [-0.1, -0.05) is 6.92 Å². The fourth-order valence-corrected chi connectivity index (χ4v) is 2.16. The van der Waals surface area contributed by atoms with Crippen LogP contribution >= 0.6 is 0 Å². The summed E-state index contributed by atoms with van der Waals surface area (Å²) < 4.78 is 16.2. The number of ether oxygens (including phenoxy) is 2. The van der Waals surface area contributed by atoms with Crippen molar-refractivity contribution in [2.24, 2.45) is 0 Å². The molecular weight excluding hydrogens is 244 g/mol. The number of nitrogen functional groups attached to an aromatic ring is 1. The molecule has 19 heavy (non-hydrogen) atoms. The number of aromatic nitrogens is 1. The van der Waals surface area contributed by atoms with Crippen LogP contribution in [-0.2, 0) is 6.42 Å². The number of hydrogen-bond acceptors (Lipinski definition) is 5. The smallest absolute Gasteiger partial charge is 0.292 e. The van der Waals surface area contributed by atoms with Crippen molar-refractivity contribution in [3.05, 3.63) is 23.5 Å². The molecular formula is C14H18N2O3. The molecule has 0 aliphatic rings. The fraction of sp³-hybridized carbons (Fsp3) is 0.357. The highest BCUT2D eigenvalue weighted by Gasteiger charge is 2.19. The van der Waals surface area contributed by atoms with Crippen molar-refractivity contribution in [3.8, 4) is 22.8 Å². The zero-order valence-corrected chi connectivity index (χ0v) is 11.6. The van der Waals surface area contributed by atoms with Gasteiger partial charge in [-0.3, -0.25) is 0 Å². The Morgan fingerprint density at radius 2 is 2.00 bits per heavy atom. The number of nitrogens with zero attached hydrogens (tertiary/aromatic N) is 1. The normalized spacial score (nSPS) is 10.5. The van der Waals surface area contributed by atoms with Crippen molar-refractivity contribution in [2.45, 2.75) is 20.3 Å². The van der Waals surface area contributed by atoms with E-state index in [-0.39, 0.29) is 6.01 Å². The molecule has 2 rings (SSSR count). The van der Waals surface area contributed by atoms with Crippen molar-refractivity contribution in [1.29, 1.82) is 0 Å². The minimum atomic E-state index is 0.169. The number of rotatable bonds is 4. The summed E-state index contributed by atoms with van der Waals surface area (Å²) in [5.74, 6) is 2.25. The quantitative estimate of drug-likeness (QED) is 0.917. The van der Waals surface area contributed by atoms with Gasteiger partial charge in [0.25, 0.3) is 6.01 Å². The zero-order chi connectivity index (χ0) is 14.0. The van der Waals surface area contributed by atoms with E-state index in [4.69, 9.17) is 19.6 Å². The number of methoxy groups -OCH3 is 2. The van der Waals surface area contributed by atoms with Gasteiger partial charge in [-0.15, -0.1) is 0 Å². The molecule has 0 fully saturated rings. The minimum absolute atomic E-state index is 0.169. The summed E-state index contributed by atoms with van der Waals surface area (Å²) in [6.45, 7) is 3.93. The molecule has 2 N–H and O–H groups in total. The van der Waals surface area contributed by atoms with Crippen LogP contribution in [-0.4, -0.2) is 19.2 Å². The van der Waals surface area contributed by atoms with Crippen molar-refractivity contribution in [2.75, 3.05) is 20.0 Å². The maximum absolute atomic E-state index is 5.63. The SMILES string of the molecule is CCc1oc(N)nc1-c1ccc(OC)c(C)c1OC. The van der Waals surface area contributed by atoms with Crippen molar-refractivity contribution < 1.29 is 13.9 Å². The molecule has 0 bridgehead atoms. The summed E-state index contributed by atoms with van der Waals surface area (Å²) >= 11 is 0. The van der Waals surface area contributed by atoms with Gasteiger partial charge in [-0.05, 0) is 19.1 Å². The van der Waals surface area contributed by atoms with Crippen molar-refractivity contribution in [1.82, 2.24) is 4.98 Å². The summed E-state index contributed by atoms with van der Waals surface area (Å²) in [5, 5.41) is 0. The Morgan fingerprint density at radius 1 is 1.26 bits per heavy atom. The second-order valence-electron chi connectivity index (χ2n) is 4.15. The number of nitrogens with two attached hydrogens (primary N) is 1. The summed E-state index contributed by atoms with van der Waals surface area (Å²) in [4.78, 5) is 4.25. The number of anilines is 1. The lowest BCUT2D eigenvalue weighted by Crippen LogP contribution is -1.96. The van der Waals surface area contributed by atoms with E-state index in [9.17, 15) is 0 Å². The molecule has 0 radical (unpaired) electrons. The summed E-state index contributed by atoms with van der Waals surface area (Å²) in [6.07, 6.45) is 0.716. The molecule has 0 saturated carbocycles. The van der Waals surface area contributed by atoms with E-state index in [0.29, 0.717) is 6.42 Å². The van der Waals surface area contributed by atoms with Crippen LogP contribution in [0.1, 0.15) is 18.2 Å². The molecule has 0 aliphatic carbocycles. The maximum Gasteiger partial charge on any atom is 0.292 e. The maximum atomic E-state index is 5.63. The highest BCUT2D eigenvalue weighted by molar-refractivity contribution is 5.73. The van der Waals surface area contributed by atoms with E-state index in [1.165, 1.54) is 0 Å². The first-order valence-electron chi connectivity index (χ1n) is 6.09. The first-order valence-corrected chi connectivity index (χ1v) is 6.09. The Bertz CT molecular complexity index is 591. The zero-order valence-electron chi connectivity index (χ0n) is 11.6. The monoisotopic (exact) mass is 262 g/mol.